The van der Waals surface area contributed by atoms with E-state index in [1.165, 1.54) is 59.9 Å². The fourth-order valence-corrected chi connectivity index (χ4v) is 2.77. The number of esters is 1. The lowest BCUT2D eigenvalue weighted by atomic mass is 9.82. The van der Waals surface area contributed by atoms with Gasteiger partial charge in [-0.2, -0.15) is 0 Å². The molecule has 0 saturated carbocycles. The molecule has 0 aliphatic rings. The summed E-state index contributed by atoms with van der Waals surface area (Å²) in [5.41, 5.74) is -1.12. The molecule has 4 atom stereocenters. The molecule has 0 spiro atoms. The number of ether oxygens (including phenoxy) is 1. The number of hydrogen-bond acceptors (Lipinski definition) is 4. The van der Waals surface area contributed by atoms with Gasteiger partial charge < -0.3 is 9.84 Å². The van der Waals surface area contributed by atoms with E-state index in [4.69, 9.17) is 4.74 Å². The average molecular weight is 399 g/mol. The molecule has 4 nitrogen and oxygen atoms in total. The first-order chi connectivity index (χ1) is 12.2. The summed E-state index contributed by atoms with van der Waals surface area (Å²) in [6.45, 7) is 3.18. The van der Waals surface area contributed by atoms with E-state index in [1.54, 1.807) is 6.92 Å². The summed E-state index contributed by atoms with van der Waals surface area (Å²) >= 11 is 0. The zero-order valence-electron chi connectivity index (χ0n) is 14.4. The molecular weight excluding hydrogens is 378 g/mol. The predicted octanol–water partition coefficient (Wildman–Crippen LogP) is 3.40. The van der Waals surface area contributed by atoms with Crippen molar-refractivity contribution in [2.24, 2.45) is 0 Å². The first kappa shape index (κ1) is 20.9. The Morgan fingerprint density at radius 1 is 1.00 bits per heavy atom. The largest absolute Gasteiger partial charge is 0.458 e. The maximum Gasteiger partial charge on any atom is 0.324 e. The number of halogens is 2. The number of nitrogens with zero attached hydrogens (tertiary/aromatic N) is 1. The van der Waals surface area contributed by atoms with Crippen LogP contribution >= 0.6 is 18.8 Å². The van der Waals surface area contributed by atoms with Crippen LogP contribution in [-0.2, 0) is 15.1 Å². The molecule has 0 aliphatic carbocycles. The molecule has 1 N–H and O–H groups in total. The molecule has 0 fully saturated rings. The van der Waals surface area contributed by atoms with Crippen molar-refractivity contribution in [1.29, 1.82) is 0 Å². The molecule has 2 aromatic rings. The Morgan fingerprint density at radius 3 is 1.73 bits per heavy atom. The molecule has 0 saturated heterocycles. The molecule has 8 heteroatoms. The number of benzene rings is 2. The number of carbonyl (C=O) groups is 1. The van der Waals surface area contributed by atoms with Crippen LogP contribution in [0, 0.1) is 11.6 Å². The zero-order chi connectivity index (χ0) is 19.5. The Labute approximate surface area is 156 Å². The topological polar surface area (TPSA) is 49.8 Å². The number of carbonyl (C=O) groups excluding carboxylic acids is 1. The van der Waals surface area contributed by atoms with Crippen molar-refractivity contribution < 1.29 is 23.4 Å². The summed E-state index contributed by atoms with van der Waals surface area (Å²) < 4.78 is 33.6. The summed E-state index contributed by atoms with van der Waals surface area (Å²) in [6.07, 6.45) is -1.01. The summed E-state index contributed by atoms with van der Waals surface area (Å²) in [7, 11) is 4.68. The molecule has 2 aromatic carbocycles. The van der Waals surface area contributed by atoms with E-state index in [0.717, 1.165) is 0 Å². The zero-order valence-corrected chi connectivity index (χ0v) is 16.7. The number of rotatable bonds is 6. The van der Waals surface area contributed by atoms with E-state index in [2.05, 4.69) is 18.8 Å². The number of aliphatic hydroxyl groups is 1. The summed E-state index contributed by atoms with van der Waals surface area (Å²) in [4.78, 5) is 12.3. The fraction of sp³-hybridized carbons (Fsp3) is 0.278. The summed E-state index contributed by atoms with van der Waals surface area (Å²) in [5.74, 6) is -1.48. The Hall–Kier alpha value is -1.45. The van der Waals surface area contributed by atoms with Crippen molar-refractivity contribution >= 4 is 24.8 Å². The van der Waals surface area contributed by atoms with Gasteiger partial charge in [0.1, 0.15) is 23.8 Å². The van der Waals surface area contributed by atoms with E-state index >= 15 is 0 Å². The lowest BCUT2D eigenvalue weighted by Crippen LogP contribution is -2.44. The van der Waals surface area contributed by atoms with Crippen LogP contribution in [0.5, 0.6) is 0 Å². The average Bonchev–Trinajstić information content (AvgIpc) is 2.61. The first-order valence-corrected chi connectivity index (χ1v) is 8.93. The normalized spacial score (nSPS) is 14.2. The molecule has 0 aromatic heterocycles. The summed E-state index contributed by atoms with van der Waals surface area (Å²) in [6, 6.07) is 9.85. The molecule has 0 amide bonds. The Kier molecular flexibility index (Phi) is 6.81. The highest BCUT2D eigenvalue weighted by molar-refractivity contribution is 7.31. The third kappa shape index (κ3) is 4.44. The van der Waals surface area contributed by atoms with Crippen molar-refractivity contribution in [2.75, 3.05) is 0 Å². The van der Waals surface area contributed by atoms with Crippen molar-refractivity contribution in [3.8, 4) is 0 Å². The highest BCUT2D eigenvalue weighted by atomic mass is 31.1. The minimum Gasteiger partial charge on any atom is -0.458 e. The lowest BCUT2D eigenvalue weighted by molar-refractivity contribution is -0.162. The van der Waals surface area contributed by atoms with Gasteiger partial charge in [0.05, 0.1) is 0 Å². The van der Waals surface area contributed by atoms with Gasteiger partial charge in [0.15, 0.2) is 5.60 Å². The first-order valence-electron chi connectivity index (χ1n) is 7.89. The van der Waals surface area contributed by atoms with Gasteiger partial charge in [0.2, 0.25) is 0 Å². The SMILES string of the molecule is C[C@H](OC(=O)[C@H](C)N(P)P)C(O)(c1ccc(F)cc1)c1ccc(F)cc1. The minimum atomic E-state index is -1.77. The maximum absolute atomic E-state index is 13.3. The van der Waals surface area contributed by atoms with Crippen molar-refractivity contribution in [3.63, 3.8) is 0 Å². The molecule has 0 bridgehead atoms. The highest BCUT2D eigenvalue weighted by Crippen LogP contribution is 2.35. The van der Waals surface area contributed by atoms with Gasteiger partial charge in [0.25, 0.3) is 0 Å². The monoisotopic (exact) mass is 399 g/mol. The van der Waals surface area contributed by atoms with Gasteiger partial charge in [-0.3, -0.25) is 9.24 Å². The second-order valence-electron chi connectivity index (χ2n) is 5.98. The van der Waals surface area contributed by atoms with Gasteiger partial charge in [-0.05, 0) is 49.2 Å². The minimum absolute atomic E-state index is 0.326. The van der Waals surface area contributed by atoms with E-state index in [0.29, 0.717) is 11.1 Å². The fourth-order valence-electron chi connectivity index (χ4n) is 2.52. The standard InChI is InChI=1S/C18H21F2NO3P2/c1-11(21(25)26)17(22)24-12(2)18(23,13-3-7-15(19)8-4-13)14-5-9-16(20)10-6-14/h3-12,23H,25-26H2,1-2H3/t11-,12-/m0/s1. The maximum atomic E-state index is 13.3. The molecule has 2 unspecified atom stereocenters. The quantitative estimate of drug-likeness (QED) is 0.598. The van der Waals surface area contributed by atoms with Crippen LogP contribution in [0.2, 0.25) is 0 Å². The Balaban J connectivity index is 2.44. The van der Waals surface area contributed by atoms with Crippen LogP contribution < -0.4 is 0 Å². The van der Waals surface area contributed by atoms with E-state index in [1.807, 2.05) is 0 Å². The second kappa shape index (κ2) is 8.49. The molecule has 0 radical (unpaired) electrons. The van der Waals surface area contributed by atoms with Crippen molar-refractivity contribution in [1.82, 2.24) is 4.44 Å². The van der Waals surface area contributed by atoms with E-state index in [9.17, 15) is 18.7 Å². The number of hydrogen-bond donors (Lipinski definition) is 1. The molecule has 2 rings (SSSR count). The van der Waals surface area contributed by atoms with Crippen LogP contribution in [0.25, 0.3) is 0 Å². The van der Waals surface area contributed by atoms with Crippen molar-refractivity contribution in [3.05, 3.63) is 71.3 Å². The Morgan fingerprint density at radius 2 is 1.38 bits per heavy atom. The van der Waals surface area contributed by atoms with E-state index in [-0.39, 0.29) is 0 Å². The smallest absolute Gasteiger partial charge is 0.324 e. The van der Waals surface area contributed by atoms with Gasteiger partial charge in [-0.25, -0.2) is 8.78 Å². The van der Waals surface area contributed by atoms with Crippen LogP contribution in [0.4, 0.5) is 8.78 Å². The van der Waals surface area contributed by atoms with Gasteiger partial charge in [0, 0.05) is 0 Å². The second-order valence-corrected chi connectivity index (χ2v) is 7.77. The summed E-state index contributed by atoms with van der Waals surface area (Å²) in [5, 5.41) is 11.4. The molecule has 140 valence electrons. The van der Waals surface area contributed by atoms with E-state index < -0.39 is 35.4 Å². The lowest BCUT2D eigenvalue weighted by Gasteiger charge is -2.35. The van der Waals surface area contributed by atoms with Gasteiger partial charge in [-0.15, -0.1) is 0 Å². The van der Waals surface area contributed by atoms with Crippen LogP contribution in [-0.4, -0.2) is 27.7 Å². The van der Waals surface area contributed by atoms with Gasteiger partial charge >= 0.3 is 5.97 Å². The van der Waals surface area contributed by atoms with Crippen LogP contribution in [0.3, 0.4) is 0 Å². The highest BCUT2D eigenvalue weighted by Gasteiger charge is 2.41. The predicted molar refractivity (Wildman–Crippen MR) is 102 cm³/mol. The Bertz CT molecular complexity index is 709. The third-order valence-electron chi connectivity index (χ3n) is 4.24. The molecule has 0 aliphatic heterocycles. The molecular formula is C18H21F2NO3P2. The molecule has 0 heterocycles. The van der Waals surface area contributed by atoms with Crippen LogP contribution in [0.15, 0.2) is 48.5 Å². The third-order valence-corrected chi connectivity index (χ3v) is 5.13. The van der Waals surface area contributed by atoms with Crippen LogP contribution in [0.1, 0.15) is 25.0 Å². The molecule has 26 heavy (non-hydrogen) atoms. The van der Waals surface area contributed by atoms with Gasteiger partial charge in [-0.1, -0.05) is 43.0 Å². The van der Waals surface area contributed by atoms with Crippen molar-refractivity contribution in [2.45, 2.75) is 31.6 Å².